The van der Waals surface area contributed by atoms with Crippen molar-refractivity contribution in [3.05, 3.63) is 27.9 Å². The van der Waals surface area contributed by atoms with Crippen LogP contribution in [0.3, 0.4) is 0 Å². The molecule has 0 saturated heterocycles. The van der Waals surface area contributed by atoms with Gasteiger partial charge in [0.1, 0.15) is 11.4 Å². The minimum Gasteiger partial charge on any atom is -0.294 e. The first-order valence-corrected chi connectivity index (χ1v) is 4.70. The van der Waals surface area contributed by atoms with Crippen molar-refractivity contribution in [3.63, 3.8) is 0 Å². The number of nitrogens with zero attached hydrogens (tertiary/aromatic N) is 2. The highest BCUT2D eigenvalue weighted by molar-refractivity contribution is 5.93. The molecule has 74 valence electrons. The van der Waals surface area contributed by atoms with Gasteiger partial charge in [-0.25, -0.2) is 4.98 Å². The number of rotatable bonds is 2. The molecule has 0 bridgehead atoms. The van der Waals surface area contributed by atoms with Crippen LogP contribution in [0.1, 0.15) is 42.0 Å². The minimum atomic E-state index is -0.211. The fourth-order valence-electron chi connectivity index (χ4n) is 1.56. The Morgan fingerprint density at radius 2 is 2.21 bits per heavy atom. The Morgan fingerprint density at radius 3 is 2.71 bits per heavy atom. The van der Waals surface area contributed by atoms with Crippen molar-refractivity contribution in [1.82, 2.24) is 9.55 Å². The Morgan fingerprint density at radius 1 is 1.57 bits per heavy atom. The van der Waals surface area contributed by atoms with Crippen LogP contribution in [0.5, 0.6) is 0 Å². The summed E-state index contributed by atoms with van der Waals surface area (Å²) in [5, 5.41) is 0. The molecule has 0 spiro atoms. The normalized spacial score (nSPS) is 15.6. The molecule has 0 atom stereocenters. The lowest BCUT2D eigenvalue weighted by molar-refractivity contribution is 0.101. The third-order valence-corrected chi connectivity index (χ3v) is 2.47. The molecule has 0 unspecified atom stereocenters. The van der Waals surface area contributed by atoms with E-state index in [2.05, 4.69) is 4.98 Å². The van der Waals surface area contributed by atoms with Gasteiger partial charge in [0.25, 0.3) is 5.56 Å². The molecule has 4 heteroatoms. The van der Waals surface area contributed by atoms with E-state index in [1.54, 1.807) is 11.5 Å². The number of aromatic nitrogens is 2. The highest BCUT2D eigenvalue weighted by atomic mass is 16.1. The van der Waals surface area contributed by atoms with E-state index in [9.17, 15) is 9.59 Å². The molecule has 1 saturated carbocycles. The molecule has 1 aliphatic rings. The van der Waals surface area contributed by atoms with Gasteiger partial charge in [0.2, 0.25) is 0 Å². The van der Waals surface area contributed by atoms with Gasteiger partial charge in [-0.05, 0) is 26.7 Å². The molecule has 0 N–H and O–H groups in total. The lowest BCUT2D eigenvalue weighted by atomic mass is 10.2. The van der Waals surface area contributed by atoms with Crippen molar-refractivity contribution >= 4 is 5.78 Å². The predicted octanol–water partition coefficient (Wildman–Crippen LogP) is 1.09. The second kappa shape index (κ2) is 3.04. The maximum atomic E-state index is 11.8. The van der Waals surface area contributed by atoms with E-state index >= 15 is 0 Å². The summed E-state index contributed by atoms with van der Waals surface area (Å²) in [6.07, 6.45) is 3.41. The monoisotopic (exact) mass is 192 g/mol. The number of hydrogen-bond acceptors (Lipinski definition) is 3. The first-order valence-electron chi connectivity index (χ1n) is 4.70. The van der Waals surface area contributed by atoms with Gasteiger partial charge in [-0.1, -0.05) is 0 Å². The Bertz CT molecular complexity index is 444. The lowest BCUT2D eigenvalue weighted by Crippen LogP contribution is -2.27. The van der Waals surface area contributed by atoms with E-state index < -0.39 is 0 Å². The molecule has 0 radical (unpaired) electrons. The van der Waals surface area contributed by atoms with Gasteiger partial charge in [0.15, 0.2) is 5.78 Å². The van der Waals surface area contributed by atoms with Crippen LogP contribution >= 0.6 is 0 Å². The molecular formula is C10H12N2O2. The van der Waals surface area contributed by atoms with Gasteiger partial charge in [-0.15, -0.1) is 0 Å². The number of carbonyl (C=O) groups excluding carboxylic acids is 1. The molecule has 2 rings (SSSR count). The van der Waals surface area contributed by atoms with E-state index in [0.717, 1.165) is 12.8 Å². The Balaban J connectivity index is 2.62. The topological polar surface area (TPSA) is 52.0 Å². The molecule has 1 heterocycles. The average Bonchev–Trinajstić information content (AvgIpc) is 2.87. The molecule has 1 aromatic heterocycles. The van der Waals surface area contributed by atoms with Crippen molar-refractivity contribution in [2.45, 2.75) is 32.7 Å². The average molecular weight is 192 g/mol. The van der Waals surface area contributed by atoms with Gasteiger partial charge in [0, 0.05) is 12.2 Å². The Labute approximate surface area is 81.6 Å². The molecule has 1 fully saturated rings. The van der Waals surface area contributed by atoms with Gasteiger partial charge in [0.05, 0.1) is 0 Å². The van der Waals surface area contributed by atoms with Crippen molar-refractivity contribution in [3.8, 4) is 0 Å². The van der Waals surface area contributed by atoms with Crippen molar-refractivity contribution < 1.29 is 4.79 Å². The Kier molecular flexibility index (Phi) is 1.98. The van der Waals surface area contributed by atoms with Crippen LogP contribution in [-0.2, 0) is 0 Å². The number of hydrogen-bond donors (Lipinski definition) is 0. The van der Waals surface area contributed by atoms with Crippen LogP contribution in [0, 0.1) is 6.92 Å². The first kappa shape index (κ1) is 9.12. The van der Waals surface area contributed by atoms with Gasteiger partial charge < -0.3 is 0 Å². The van der Waals surface area contributed by atoms with Crippen LogP contribution in [0.2, 0.25) is 0 Å². The third kappa shape index (κ3) is 1.36. The van der Waals surface area contributed by atoms with Gasteiger partial charge >= 0.3 is 0 Å². The summed E-state index contributed by atoms with van der Waals surface area (Å²) in [5.74, 6) is 0.486. The molecule has 1 aliphatic carbocycles. The van der Waals surface area contributed by atoms with E-state index in [1.807, 2.05) is 0 Å². The summed E-state index contributed by atoms with van der Waals surface area (Å²) in [6.45, 7) is 3.19. The van der Waals surface area contributed by atoms with Gasteiger partial charge in [-0.2, -0.15) is 0 Å². The summed E-state index contributed by atoms with van der Waals surface area (Å²) in [5.41, 5.74) is 0.00926. The Hall–Kier alpha value is -1.45. The summed E-state index contributed by atoms with van der Waals surface area (Å²) in [6, 6.07) is 0.272. The van der Waals surface area contributed by atoms with Crippen LogP contribution in [0.4, 0.5) is 0 Å². The number of Topliss-reactive ketones (excluding diaryl/α,β-unsaturated/α-hetero) is 1. The van der Waals surface area contributed by atoms with Crippen molar-refractivity contribution in [2.75, 3.05) is 0 Å². The van der Waals surface area contributed by atoms with Crippen molar-refractivity contribution in [1.29, 1.82) is 0 Å². The maximum Gasteiger partial charge on any atom is 0.264 e. The smallest absolute Gasteiger partial charge is 0.264 e. The minimum absolute atomic E-state index is 0.187. The fourth-order valence-corrected chi connectivity index (χ4v) is 1.56. The number of ketones is 1. The molecule has 14 heavy (non-hydrogen) atoms. The second-order valence-electron chi connectivity index (χ2n) is 3.68. The number of aryl methyl sites for hydroxylation is 1. The quantitative estimate of drug-likeness (QED) is 0.659. The highest BCUT2D eigenvalue weighted by Gasteiger charge is 2.27. The van der Waals surface area contributed by atoms with Crippen LogP contribution < -0.4 is 5.56 Å². The zero-order chi connectivity index (χ0) is 10.3. The third-order valence-electron chi connectivity index (χ3n) is 2.47. The summed E-state index contributed by atoms with van der Waals surface area (Å²) in [7, 11) is 0. The summed E-state index contributed by atoms with van der Waals surface area (Å²) in [4.78, 5) is 27.0. The second-order valence-corrected chi connectivity index (χ2v) is 3.68. The molecular weight excluding hydrogens is 180 g/mol. The van der Waals surface area contributed by atoms with Crippen LogP contribution in [-0.4, -0.2) is 15.3 Å². The van der Waals surface area contributed by atoms with Crippen molar-refractivity contribution in [2.24, 2.45) is 0 Å². The summed E-state index contributed by atoms with van der Waals surface area (Å²) < 4.78 is 1.64. The molecule has 0 amide bonds. The lowest BCUT2D eigenvalue weighted by Gasteiger charge is -2.07. The largest absolute Gasteiger partial charge is 0.294 e. The summed E-state index contributed by atoms with van der Waals surface area (Å²) >= 11 is 0. The maximum absolute atomic E-state index is 11.8. The fraction of sp³-hybridized carbons (Fsp3) is 0.500. The van der Waals surface area contributed by atoms with E-state index in [4.69, 9.17) is 0 Å². The van der Waals surface area contributed by atoms with E-state index in [1.165, 1.54) is 13.1 Å². The van der Waals surface area contributed by atoms with Crippen LogP contribution in [0.15, 0.2) is 11.0 Å². The van der Waals surface area contributed by atoms with E-state index in [-0.39, 0.29) is 22.9 Å². The molecule has 0 aliphatic heterocycles. The standard InChI is InChI=1S/C10H12N2O2/c1-6(13)9-5-11-7(2)12(10(9)14)8-3-4-8/h5,8H,3-4H2,1-2H3. The van der Waals surface area contributed by atoms with Crippen LogP contribution in [0.25, 0.3) is 0 Å². The molecule has 0 aromatic carbocycles. The SMILES string of the molecule is CC(=O)c1cnc(C)n(C2CC2)c1=O. The molecule has 1 aromatic rings. The zero-order valence-electron chi connectivity index (χ0n) is 8.28. The first-order chi connectivity index (χ1) is 6.61. The zero-order valence-corrected chi connectivity index (χ0v) is 8.28. The molecule has 4 nitrogen and oxygen atoms in total. The highest BCUT2D eigenvalue weighted by Crippen LogP contribution is 2.33. The predicted molar refractivity (Wildman–Crippen MR) is 51.5 cm³/mol. The number of carbonyl (C=O) groups is 1. The van der Waals surface area contributed by atoms with E-state index in [0.29, 0.717) is 5.82 Å². The van der Waals surface area contributed by atoms with Gasteiger partial charge in [-0.3, -0.25) is 14.2 Å².